The molecule has 40 heavy (non-hydrogen) atoms. The molecule has 0 fully saturated rings. The van der Waals surface area contributed by atoms with Crippen LogP contribution >= 0.6 is 0 Å². The Balaban J connectivity index is 2.11. The molecule has 0 saturated carbocycles. The first kappa shape index (κ1) is 30.8. The van der Waals surface area contributed by atoms with Crippen LogP contribution in [0.3, 0.4) is 0 Å². The third-order valence-corrected chi connectivity index (χ3v) is 7.51. The molecule has 0 aliphatic heterocycles. The summed E-state index contributed by atoms with van der Waals surface area (Å²) in [6.45, 7) is 8.33. The van der Waals surface area contributed by atoms with Gasteiger partial charge in [-0.05, 0) is 63.4 Å². The van der Waals surface area contributed by atoms with E-state index in [9.17, 15) is 22.4 Å². The maximum Gasteiger partial charge on any atom is 0.244 e. The number of nitrogens with zero attached hydrogens (tertiary/aromatic N) is 2. The van der Waals surface area contributed by atoms with E-state index in [-0.39, 0.29) is 18.5 Å². The van der Waals surface area contributed by atoms with Gasteiger partial charge in [0.2, 0.25) is 21.8 Å². The van der Waals surface area contributed by atoms with Gasteiger partial charge < -0.3 is 10.2 Å². The van der Waals surface area contributed by atoms with Crippen molar-refractivity contribution in [3.8, 4) is 0 Å². The number of anilines is 1. The van der Waals surface area contributed by atoms with Crippen LogP contribution in [0.1, 0.15) is 43.0 Å². The summed E-state index contributed by atoms with van der Waals surface area (Å²) in [6, 6.07) is 19.6. The number of sulfonamides is 1. The van der Waals surface area contributed by atoms with Crippen LogP contribution in [0.15, 0.2) is 72.8 Å². The third-order valence-electron chi connectivity index (χ3n) is 6.38. The van der Waals surface area contributed by atoms with E-state index in [1.54, 1.807) is 37.3 Å². The van der Waals surface area contributed by atoms with Gasteiger partial charge in [0.1, 0.15) is 18.4 Å². The van der Waals surface area contributed by atoms with E-state index in [4.69, 9.17) is 0 Å². The van der Waals surface area contributed by atoms with Gasteiger partial charge in [-0.25, -0.2) is 12.8 Å². The molecule has 0 radical (unpaired) electrons. The number of amides is 2. The Labute approximate surface area is 237 Å². The summed E-state index contributed by atoms with van der Waals surface area (Å²) in [5.41, 5.74) is 2.30. The van der Waals surface area contributed by atoms with Crippen molar-refractivity contribution in [2.45, 2.75) is 59.2 Å². The molecule has 0 aromatic heterocycles. The zero-order valence-corrected chi connectivity index (χ0v) is 24.8. The number of aryl methyl sites for hydroxylation is 2. The summed E-state index contributed by atoms with van der Waals surface area (Å²) >= 11 is 0. The largest absolute Gasteiger partial charge is 0.350 e. The van der Waals surface area contributed by atoms with E-state index in [0.29, 0.717) is 11.3 Å². The Morgan fingerprint density at radius 1 is 0.950 bits per heavy atom. The number of carbonyl (C=O) groups excluding carboxylic acids is 2. The monoisotopic (exact) mass is 567 g/mol. The van der Waals surface area contributed by atoms with Crippen molar-refractivity contribution < 1.29 is 22.4 Å². The molecule has 7 nitrogen and oxygen atoms in total. The molecule has 9 heteroatoms. The Kier molecular flexibility index (Phi) is 9.73. The lowest BCUT2D eigenvalue weighted by atomic mass is 10.0. The lowest BCUT2D eigenvalue weighted by Crippen LogP contribution is -2.56. The molecule has 0 unspecified atom stereocenters. The molecule has 1 atom stereocenters. The summed E-state index contributed by atoms with van der Waals surface area (Å²) in [5, 5.41) is 2.95. The van der Waals surface area contributed by atoms with E-state index in [1.165, 1.54) is 11.0 Å². The van der Waals surface area contributed by atoms with E-state index in [0.717, 1.165) is 21.7 Å². The van der Waals surface area contributed by atoms with Gasteiger partial charge in [0.05, 0.1) is 11.9 Å². The summed E-state index contributed by atoms with van der Waals surface area (Å²) in [7, 11) is -3.89. The number of hydrogen-bond acceptors (Lipinski definition) is 4. The number of rotatable bonds is 10. The summed E-state index contributed by atoms with van der Waals surface area (Å²) in [5.74, 6) is -1.57. The first-order valence-corrected chi connectivity index (χ1v) is 14.9. The van der Waals surface area contributed by atoms with Crippen molar-refractivity contribution in [1.29, 1.82) is 0 Å². The standard InChI is InChI=1S/C31H38FN3O4S/c1-22-16-17-23(2)27(18-22)35(40(6,38)39)21-29(36)34(20-25-14-10-11-15-26(25)32)28(30(37)33-31(3,4)5)19-24-12-8-7-9-13-24/h7-18,28H,19-21H2,1-6H3,(H,33,37)/t28-/m1/s1. The van der Waals surface area contributed by atoms with Crippen LogP contribution in [0.2, 0.25) is 0 Å². The fourth-order valence-corrected chi connectivity index (χ4v) is 5.30. The van der Waals surface area contributed by atoms with Gasteiger partial charge in [0, 0.05) is 24.1 Å². The molecule has 2 amide bonds. The first-order valence-electron chi connectivity index (χ1n) is 13.1. The van der Waals surface area contributed by atoms with Crippen LogP contribution in [0.5, 0.6) is 0 Å². The topological polar surface area (TPSA) is 86.8 Å². The highest BCUT2D eigenvalue weighted by molar-refractivity contribution is 7.92. The molecular formula is C31H38FN3O4S. The van der Waals surface area contributed by atoms with Gasteiger partial charge in [-0.2, -0.15) is 0 Å². The Morgan fingerprint density at radius 3 is 2.17 bits per heavy atom. The maximum atomic E-state index is 14.8. The minimum Gasteiger partial charge on any atom is -0.350 e. The fourth-order valence-electron chi connectivity index (χ4n) is 4.40. The lowest BCUT2D eigenvalue weighted by Gasteiger charge is -2.35. The second kappa shape index (κ2) is 12.6. The van der Waals surface area contributed by atoms with Crippen LogP contribution in [0.4, 0.5) is 10.1 Å². The highest BCUT2D eigenvalue weighted by atomic mass is 32.2. The second-order valence-corrected chi connectivity index (χ2v) is 13.0. The van der Waals surface area contributed by atoms with Crippen molar-refractivity contribution >= 4 is 27.5 Å². The molecule has 0 bridgehead atoms. The highest BCUT2D eigenvalue weighted by Crippen LogP contribution is 2.25. The minimum absolute atomic E-state index is 0.158. The van der Waals surface area contributed by atoms with E-state index in [2.05, 4.69) is 5.32 Å². The van der Waals surface area contributed by atoms with Crippen LogP contribution < -0.4 is 9.62 Å². The van der Waals surface area contributed by atoms with Crippen molar-refractivity contribution in [2.24, 2.45) is 0 Å². The molecule has 0 aliphatic rings. The number of hydrogen-bond donors (Lipinski definition) is 1. The highest BCUT2D eigenvalue weighted by Gasteiger charge is 2.35. The first-order chi connectivity index (χ1) is 18.7. The average Bonchev–Trinajstić information content (AvgIpc) is 2.86. The van der Waals surface area contributed by atoms with Gasteiger partial charge in [-0.15, -0.1) is 0 Å². The van der Waals surface area contributed by atoms with Crippen molar-refractivity contribution in [1.82, 2.24) is 10.2 Å². The predicted molar refractivity (Wildman–Crippen MR) is 157 cm³/mol. The molecule has 1 N–H and O–H groups in total. The number of carbonyl (C=O) groups is 2. The SMILES string of the molecule is Cc1ccc(C)c(N(CC(=O)N(Cc2ccccc2F)[C@H](Cc2ccccc2)C(=O)NC(C)(C)C)S(C)(=O)=O)c1. The summed E-state index contributed by atoms with van der Waals surface area (Å²) < 4.78 is 41.8. The van der Waals surface area contributed by atoms with Crippen molar-refractivity contribution in [3.63, 3.8) is 0 Å². The molecule has 3 rings (SSSR count). The zero-order valence-electron chi connectivity index (χ0n) is 23.9. The predicted octanol–water partition coefficient (Wildman–Crippen LogP) is 4.76. The molecule has 0 spiro atoms. The smallest absolute Gasteiger partial charge is 0.244 e. The van der Waals surface area contributed by atoms with Gasteiger partial charge in [0.15, 0.2) is 0 Å². The molecule has 0 aliphatic carbocycles. The van der Waals surface area contributed by atoms with Crippen LogP contribution in [0.25, 0.3) is 0 Å². The van der Waals surface area contributed by atoms with Gasteiger partial charge in [-0.3, -0.25) is 13.9 Å². The molecule has 0 saturated heterocycles. The molecular weight excluding hydrogens is 529 g/mol. The number of nitrogens with one attached hydrogen (secondary N) is 1. The second-order valence-electron chi connectivity index (χ2n) is 11.1. The van der Waals surface area contributed by atoms with Crippen LogP contribution in [0, 0.1) is 19.7 Å². The Bertz CT molecular complexity index is 1450. The van der Waals surface area contributed by atoms with E-state index < -0.39 is 45.8 Å². The fraction of sp³-hybridized carbons (Fsp3) is 0.355. The number of benzene rings is 3. The maximum absolute atomic E-state index is 14.8. The minimum atomic E-state index is -3.89. The number of halogens is 1. The Hall–Kier alpha value is -3.72. The van der Waals surface area contributed by atoms with Crippen molar-refractivity contribution in [2.75, 3.05) is 17.1 Å². The normalized spacial score (nSPS) is 12.5. The van der Waals surface area contributed by atoms with Gasteiger partial charge in [-0.1, -0.05) is 60.7 Å². The molecule has 0 heterocycles. The summed E-state index contributed by atoms with van der Waals surface area (Å²) in [6.07, 6.45) is 1.20. The zero-order chi connectivity index (χ0) is 29.7. The van der Waals surface area contributed by atoms with Crippen LogP contribution in [-0.4, -0.2) is 49.5 Å². The average molecular weight is 568 g/mol. The van der Waals surface area contributed by atoms with Crippen LogP contribution in [-0.2, 0) is 32.6 Å². The van der Waals surface area contributed by atoms with Gasteiger partial charge in [0.25, 0.3) is 0 Å². The Morgan fingerprint density at radius 2 is 1.57 bits per heavy atom. The lowest BCUT2D eigenvalue weighted by molar-refractivity contribution is -0.140. The van der Waals surface area contributed by atoms with Crippen molar-refractivity contribution in [3.05, 3.63) is 101 Å². The van der Waals surface area contributed by atoms with E-state index >= 15 is 0 Å². The molecule has 3 aromatic carbocycles. The van der Waals surface area contributed by atoms with E-state index in [1.807, 2.05) is 64.1 Å². The van der Waals surface area contributed by atoms with Gasteiger partial charge >= 0.3 is 0 Å². The third kappa shape index (κ3) is 8.39. The quantitative estimate of drug-likeness (QED) is 0.383. The summed E-state index contributed by atoms with van der Waals surface area (Å²) in [4.78, 5) is 29.1. The molecule has 214 valence electrons. The molecule has 3 aromatic rings.